The van der Waals surface area contributed by atoms with Gasteiger partial charge in [0.2, 0.25) is 0 Å². The van der Waals surface area contributed by atoms with Gasteiger partial charge in [-0.25, -0.2) is 4.98 Å². The van der Waals surface area contributed by atoms with Gasteiger partial charge in [0.05, 0.1) is 11.4 Å². The molecule has 3 heterocycles. The lowest BCUT2D eigenvalue weighted by Crippen LogP contribution is -2.14. The van der Waals surface area contributed by atoms with Gasteiger partial charge >= 0.3 is 0 Å². The molecule has 3 aromatic heterocycles. The van der Waals surface area contributed by atoms with Crippen LogP contribution in [0.5, 0.6) is 0 Å². The van der Waals surface area contributed by atoms with Gasteiger partial charge in [0.25, 0.3) is 0 Å². The number of hydrogen-bond donors (Lipinski definition) is 0. The van der Waals surface area contributed by atoms with Gasteiger partial charge < -0.3 is 4.42 Å². The zero-order valence-corrected chi connectivity index (χ0v) is 24.0. The molecule has 9 rings (SSSR count). The summed E-state index contributed by atoms with van der Waals surface area (Å²) in [4.78, 5) is 5.06. The first-order chi connectivity index (χ1) is 21.1. The maximum Gasteiger partial charge on any atom is 0.137 e. The largest absolute Gasteiger partial charge is 0.456 e. The highest BCUT2D eigenvalue weighted by molar-refractivity contribution is 6.14. The van der Waals surface area contributed by atoms with Crippen LogP contribution < -0.4 is 0 Å². The fourth-order valence-electron chi connectivity index (χ4n) is 7.14. The van der Waals surface area contributed by atoms with Gasteiger partial charge in [-0.1, -0.05) is 111 Å². The lowest BCUT2D eigenvalue weighted by Gasteiger charge is -2.21. The van der Waals surface area contributed by atoms with Gasteiger partial charge in [-0.2, -0.15) is 0 Å². The molecule has 0 bridgehead atoms. The van der Waals surface area contributed by atoms with Crippen LogP contribution in [0.2, 0.25) is 0 Å². The van der Waals surface area contributed by atoms with Crippen molar-refractivity contribution in [3.05, 3.63) is 145 Å². The normalized spacial score (nSPS) is 13.5. The third-order valence-electron chi connectivity index (χ3n) is 9.25. The van der Waals surface area contributed by atoms with Gasteiger partial charge in [-0.05, 0) is 63.7 Å². The van der Waals surface area contributed by atoms with E-state index >= 15 is 0 Å². The number of rotatable bonds is 3. The Kier molecular flexibility index (Phi) is 4.95. The van der Waals surface area contributed by atoms with Crippen LogP contribution in [0.15, 0.2) is 138 Å². The molecule has 0 saturated heterocycles. The van der Waals surface area contributed by atoms with E-state index in [1.54, 1.807) is 0 Å². The number of aromatic nitrogens is 2. The van der Waals surface area contributed by atoms with Crippen molar-refractivity contribution in [2.24, 2.45) is 0 Å². The summed E-state index contributed by atoms with van der Waals surface area (Å²) < 4.78 is 8.69. The van der Waals surface area contributed by atoms with Crippen molar-refractivity contribution < 1.29 is 4.42 Å². The van der Waals surface area contributed by atoms with Gasteiger partial charge in [0.15, 0.2) is 0 Å². The molecule has 5 aromatic carbocycles. The summed E-state index contributed by atoms with van der Waals surface area (Å²) in [5.74, 6) is 0. The monoisotopic (exact) mass is 552 g/mol. The third-order valence-corrected chi connectivity index (χ3v) is 9.25. The number of nitrogens with zero attached hydrogens (tertiary/aromatic N) is 2. The maximum absolute atomic E-state index is 6.51. The Balaban J connectivity index is 1.20. The minimum Gasteiger partial charge on any atom is -0.456 e. The number of hydrogen-bond acceptors (Lipinski definition) is 2. The molecule has 0 aliphatic heterocycles. The average Bonchev–Trinajstić information content (AvgIpc) is 3.69. The molecule has 0 atom stereocenters. The number of fused-ring (bicyclic) bond motifs is 7. The topological polar surface area (TPSA) is 30.4 Å². The van der Waals surface area contributed by atoms with Crippen LogP contribution in [0.4, 0.5) is 0 Å². The van der Waals surface area contributed by atoms with Gasteiger partial charge in [-0.3, -0.25) is 4.40 Å². The lowest BCUT2D eigenvalue weighted by atomic mass is 9.82. The van der Waals surface area contributed by atoms with E-state index in [9.17, 15) is 0 Å². The summed E-state index contributed by atoms with van der Waals surface area (Å²) in [6, 6.07) is 45.3. The number of furan rings is 1. The van der Waals surface area contributed by atoms with Gasteiger partial charge in [0, 0.05) is 33.5 Å². The van der Waals surface area contributed by atoms with E-state index in [1.807, 2.05) is 6.07 Å². The SMILES string of the molecule is CC1(C)c2ccccc2-c2cc3c(cc21)oc1cccc(-c2ccc(-c4nc5ccccn5c4-c4ccccc4)cc2)c13. The summed E-state index contributed by atoms with van der Waals surface area (Å²) in [6.45, 7) is 4.62. The Morgan fingerprint density at radius 3 is 2.19 bits per heavy atom. The molecule has 0 unspecified atom stereocenters. The standard InChI is InChI=1S/C40H28N2O/c1-40(2)32-15-7-6-13-29(32)30-23-31-35(24-33(30)40)43-34-16-10-14-28(37(31)34)25-18-20-26(21-19-25)38-39(27-11-4-3-5-12-27)42-22-9-8-17-36(42)41-38/h3-24H,1-2H3. The summed E-state index contributed by atoms with van der Waals surface area (Å²) in [5, 5.41) is 2.32. The van der Waals surface area contributed by atoms with Crippen molar-refractivity contribution >= 4 is 27.6 Å². The van der Waals surface area contributed by atoms with E-state index in [-0.39, 0.29) is 5.41 Å². The zero-order valence-electron chi connectivity index (χ0n) is 24.0. The quantitative estimate of drug-likeness (QED) is 0.218. The molecule has 0 saturated carbocycles. The smallest absolute Gasteiger partial charge is 0.137 e. The van der Waals surface area contributed by atoms with Crippen molar-refractivity contribution in [1.82, 2.24) is 9.38 Å². The van der Waals surface area contributed by atoms with Crippen molar-refractivity contribution in [1.29, 1.82) is 0 Å². The Labute approximate surface area is 249 Å². The van der Waals surface area contributed by atoms with Crippen LogP contribution in [0, 0.1) is 0 Å². The van der Waals surface area contributed by atoms with E-state index in [2.05, 4.69) is 146 Å². The van der Waals surface area contributed by atoms with Crippen LogP contribution in [0.1, 0.15) is 25.0 Å². The molecule has 0 spiro atoms. The van der Waals surface area contributed by atoms with Crippen LogP contribution in [-0.2, 0) is 5.41 Å². The highest BCUT2D eigenvalue weighted by atomic mass is 16.3. The molecule has 8 aromatic rings. The molecule has 3 heteroatoms. The molecule has 3 nitrogen and oxygen atoms in total. The van der Waals surface area contributed by atoms with E-state index in [0.717, 1.165) is 55.7 Å². The first-order valence-electron chi connectivity index (χ1n) is 14.8. The van der Waals surface area contributed by atoms with Gasteiger partial charge in [0.1, 0.15) is 16.8 Å². The summed E-state index contributed by atoms with van der Waals surface area (Å²) in [6.07, 6.45) is 2.09. The van der Waals surface area contributed by atoms with Crippen LogP contribution >= 0.6 is 0 Å². The second kappa shape index (κ2) is 8.80. The van der Waals surface area contributed by atoms with Crippen molar-refractivity contribution in [3.8, 4) is 44.8 Å². The van der Waals surface area contributed by atoms with E-state index in [0.29, 0.717) is 0 Å². The highest BCUT2D eigenvalue weighted by Gasteiger charge is 2.36. The van der Waals surface area contributed by atoms with E-state index < -0.39 is 0 Å². The van der Waals surface area contributed by atoms with Crippen LogP contribution in [0.3, 0.4) is 0 Å². The molecule has 0 N–H and O–H groups in total. The van der Waals surface area contributed by atoms with Crippen LogP contribution in [-0.4, -0.2) is 9.38 Å². The number of pyridine rings is 1. The molecule has 0 amide bonds. The predicted octanol–water partition coefficient (Wildman–Crippen LogP) is 10.5. The van der Waals surface area contributed by atoms with Crippen molar-refractivity contribution in [2.75, 3.05) is 0 Å². The molecule has 1 aliphatic carbocycles. The lowest BCUT2D eigenvalue weighted by molar-refractivity contribution is 0.647. The second-order valence-corrected chi connectivity index (χ2v) is 12.0. The molecular weight excluding hydrogens is 524 g/mol. The molecule has 0 radical (unpaired) electrons. The summed E-state index contributed by atoms with van der Waals surface area (Å²) in [7, 11) is 0. The Hall–Kier alpha value is -5.41. The maximum atomic E-state index is 6.51. The molecule has 0 fully saturated rings. The fourth-order valence-corrected chi connectivity index (χ4v) is 7.14. The number of benzene rings is 5. The van der Waals surface area contributed by atoms with E-state index in [1.165, 1.54) is 27.8 Å². The second-order valence-electron chi connectivity index (χ2n) is 12.0. The van der Waals surface area contributed by atoms with E-state index in [4.69, 9.17) is 9.40 Å². The first kappa shape index (κ1) is 24.2. The summed E-state index contributed by atoms with van der Waals surface area (Å²) in [5.41, 5.74) is 14.7. The van der Waals surface area contributed by atoms with Crippen molar-refractivity contribution in [2.45, 2.75) is 19.3 Å². The minimum atomic E-state index is -0.0612. The Morgan fingerprint density at radius 1 is 0.581 bits per heavy atom. The molecule has 204 valence electrons. The van der Waals surface area contributed by atoms with Crippen molar-refractivity contribution in [3.63, 3.8) is 0 Å². The predicted molar refractivity (Wildman–Crippen MR) is 176 cm³/mol. The minimum absolute atomic E-state index is 0.0612. The van der Waals surface area contributed by atoms with Crippen LogP contribution in [0.25, 0.3) is 72.4 Å². The summed E-state index contributed by atoms with van der Waals surface area (Å²) >= 11 is 0. The first-order valence-corrected chi connectivity index (χ1v) is 14.8. The highest BCUT2D eigenvalue weighted by Crippen LogP contribution is 2.51. The fraction of sp³-hybridized carbons (Fsp3) is 0.0750. The zero-order chi connectivity index (χ0) is 28.7. The number of imidazole rings is 1. The Bertz CT molecular complexity index is 2360. The van der Waals surface area contributed by atoms with Gasteiger partial charge in [-0.15, -0.1) is 0 Å². The average molecular weight is 553 g/mol. The molecular formula is C40H28N2O. The molecule has 1 aliphatic rings. The molecule has 43 heavy (non-hydrogen) atoms. The third kappa shape index (κ3) is 3.45. The Morgan fingerprint density at radius 2 is 1.33 bits per heavy atom.